The quantitative estimate of drug-likeness (QED) is 0.0923. The van der Waals surface area contributed by atoms with E-state index in [1.807, 2.05) is 81.6 Å². The second-order valence-electron chi connectivity index (χ2n) is 9.12. The smallest absolute Gasteiger partial charge is 0.327 e. The van der Waals surface area contributed by atoms with Gasteiger partial charge in [-0.15, -0.1) is 11.8 Å². The van der Waals surface area contributed by atoms with E-state index in [0.717, 1.165) is 23.5 Å². The summed E-state index contributed by atoms with van der Waals surface area (Å²) in [7, 11) is 0. The monoisotopic (exact) mass is 1040 g/mol. The number of fused-ring (bicyclic) bond motifs is 1. The van der Waals surface area contributed by atoms with Gasteiger partial charge in [0.2, 0.25) is 5.91 Å². The summed E-state index contributed by atoms with van der Waals surface area (Å²) >= 11 is 9.61. The van der Waals surface area contributed by atoms with Crippen LogP contribution in [0.2, 0.25) is 0 Å². The van der Waals surface area contributed by atoms with Gasteiger partial charge in [0.15, 0.2) is 5.75 Å². The maximum atomic E-state index is 12.7. The van der Waals surface area contributed by atoms with Crippen LogP contribution in [-0.4, -0.2) is 49.5 Å². The molecule has 3 aromatic carbocycles. The van der Waals surface area contributed by atoms with Crippen LogP contribution in [0.25, 0.3) is 10.8 Å². The Labute approximate surface area is 299 Å². The third kappa shape index (κ3) is 7.95. The molecule has 1 amide bonds. The van der Waals surface area contributed by atoms with Crippen molar-refractivity contribution in [2.75, 3.05) is 5.75 Å². The van der Waals surface area contributed by atoms with Gasteiger partial charge in [0, 0.05) is 36.1 Å². The normalized spacial score (nSPS) is 12.6. The number of phenolic OH excluding ortho intramolecular Hbond substituents is 1. The van der Waals surface area contributed by atoms with Gasteiger partial charge in [0.1, 0.15) is 23.6 Å². The average molecular weight is 1040 g/mol. The molecule has 0 spiro atoms. The van der Waals surface area contributed by atoms with Crippen LogP contribution >= 0.6 is 102 Å². The summed E-state index contributed by atoms with van der Waals surface area (Å²) in [5.41, 5.74) is 0.786. The molecule has 1 heterocycles. The van der Waals surface area contributed by atoms with Crippen LogP contribution in [0.3, 0.4) is 0 Å². The van der Waals surface area contributed by atoms with E-state index in [2.05, 4.69) is 50.5 Å². The molecule has 0 aliphatic heterocycles. The zero-order valence-electron chi connectivity index (χ0n) is 21.6. The molecule has 42 heavy (non-hydrogen) atoms. The van der Waals surface area contributed by atoms with E-state index in [9.17, 15) is 29.7 Å². The van der Waals surface area contributed by atoms with Gasteiger partial charge in [-0.1, -0.05) is 24.3 Å². The number of nitrogens with zero attached hydrogens (tertiary/aromatic N) is 1. The van der Waals surface area contributed by atoms with E-state index in [0.29, 0.717) is 23.7 Å². The van der Waals surface area contributed by atoms with Crippen LogP contribution in [-0.2, 0) is 20.8 Å². The molecular formula is C28H22I4N2O7S. The Morgan fingerprint density at radius 2 is 1.57 bits per heavy atom. The molecule has 0 saturated carbocycles. The number of phenols is 1. The molecule has 14 heteroatoms. The summed E-state index contributed by atoms with van der Waals surface area (Å²) in [4.78, 5) is 35.9. The van der Waals surface area contributed by atoms with E-state index < -0.39 is 29.9 Å². The first-order chi connectivity index (χ1) is 19.8. The number of aliphatic carboxylic acids is 2. The summed E-state index contributed by atoms with van der Waals surface area (Å²) in [6.45, 7) is 1.25. The lowest BCUT2D eigenvalue weighted by atomic mass is 10.1. The fraction of sp³-hybridized carbons (Fsp3) is 0.179. The van der Waals surface area contributed by atoms with E-state index in [-0.39, 0.29) is 17.9 Å². The predicted octanol–water partition coefficient (Wildman–Crippen LogP) is 7.11. The highest BCUT2D eigenvalue weighted by Crippen LogP contribution is 2.38. The van der Waals surface area contributed by atoms with Crippen molar-refractivity contribution < 1.29 is 34.4 Å². The van der Waals surface area contributed by atoms with Crippen LogP contribution in [0.1, 0.15) is 18.5 Å². The predicted molar refractivity (Wildman–Crippen MR) is 194 cm³/mol. The Morgan fingerprint density at radius 3 is 2.14 bits per heavy atom. The summed E-state index contributed by atoms with van der Waals surface area (Å²) in [5, 5.41) is 34.7. The van der Waals surface area contributed by atoms with E-state index in [4.69, 9.17) is 4.74 Å². The third-order valence-electron chi connectivity index (χ3n) is 6.08. The summed E-state index contributed by atoms with van der Waals surface area (Å²) in [6.07, 6.45) is 1.94. The first-order valence-corrected chi connectivity index (χ1v) is 17.4. The fourth-order valence-electron chi connectivity index (χ4n) is 4.19. The molecule has 0 bridgehead atoms. The number of aromatic hydroxyl groups is 1. The number of benzene rings is 3. The van der Waals surface area contributed by atoms with Gasteiger partial charge in [-0.3, -0.25) is 4.79 Å². The van der Waals surface area contributed by atoms with Crippen molar-refractivity contribution in [1.82, 2.24) is 9.88 Å². The number of carboxylic acid groups (broad SMARTS) is 2. The first-order valence-electron chi connectivity index (χ1n) is 12.1. The topological polar surface area (TPSA) is 138 Å². The molecule has 0 aliphatic rings. The number of hydrogen-bond acceptors (Lipinski definition) is 6. The molecule has 220 valence electrons. The number of rotatable bonds is 11. The number of halogens is 4. The third-order valence-corrected chi connectivity index (χ3v) is 10.5. The molecule has 2 atom stereocenters. The van der Waals surface area contributed by atoms with Crippen LogP contribution in [0, 0.1) is 14.3 Å². The zero-order chi connectivity index (χ0) is 30.7. The lowest BCUT2D eigenvalue weighted by Gasteiger charge is -2.20. The number of ether oxygens (including phenoxy) is 1. The van der Waals surface area contributed by atoms with Gasteiger partial charge in [-0.25, -0.2) is 9.59 Å². The maximum Gasteiger partial charge on any atom is 0.327 e. The first kappa shape index (κ1) is 33.4. The molecule has 4 rings (SSSR count). The molecule has 0 aliphatic carbocycles. The molecule has 4 N–H and O–H groups in total. The van der Waals surface area contributed by atoms with Gasteiger partial charge in [0.25, 0.3) is 0 Å². The zero-order valence-corrected chi connectivity index (χ0v) is 31.1. The Kier molecular flexibility index (Phi) is 11.5. The Balaban J connectivity index is 1.66. The van der Waals surface area contributed by atoms with Crippen molar-refractivity contribution in [1.29, 1.82) is 0 Å². The van der Waals surface area contributed by atoms with Crippen molar-refractivity contribution in [3.05, 3.63) is 74.6 Å². The second kappa shape index (κ2) is 14.5. The molecule has 0 radical (unpaired) electrons. The van der Waals surface area contributed by atoms with Crippen molar-refractivity contribution >= 4 is 131 Å². The number of nitrogens with one attached hydrogen (secondary N) is 1. The lowest BCUT2D eigenvalue weighted by Crippen LogP contribution is -2.41. The number of carbonyl (C=O) groups is 3. The number of hydrogen-bond donors (Lipinski definition) is 4. The largest absolute Gasteiger partial charge is 0.506 e. The minimum absolute atomic E-state index is 0.0201. The highest BCUT2D eigenvalue weighted by atomic mass is 127. The Bertz CT molecular complexity index is 1650. The standard InChI is InChI=1S/C28H22I4N2O7S/c1-13(35)33-22(27(37)38)12-42-26-17-5-3-2-4-15(17)11-34(26)23(28(39)40)8-14-6-20(31)25(21(32)7-14)41-16-9-18(29)24(36)19(30)10-16/h2-7,9-11,22-23,36H,8,12H2,1H3,(H,33,35)(H,37,38)(H,39,40)/t22-,23-/m0/s1. The van der Waals surface area contributed by atoms with Crippen LogP contribution in [0.4, 0.5) is 0 Å². The minimum Gasteiger partial charge on any atom is -0.506 e. The maximum absolute atomic E-state index is 12.7. The Hall–Kier alpha value is -1.52. The van der Waals surface area contributed by atoms with Crippen LogP contribution < -0.4 is 10.1 Å². The van der Waals surface area contributed by atoms with Gasteiger partial charge in [0.05, 0.1) is 19.3 Å². The van der Waals surface area contributed by atoms with Gasteiger partial charge >= 0.3 is 11.9 Å². The summed E-state index contributed by atoms with van der Waals surface area (Å²) in [6, 6.07) is 12.6. The van der Waals surface area contributed by atoms with Gasteiger partial charge in [-0.2, -0.15) is 0 Å². The highest BCUT2D eigenvalue weighted by molar-refractivity contribution is 14.1. The van der Waals surface area contributed by atoms with E-state index >= 15 is 0 Å². The SMILES string of the molecule is CC(=O)N[C@@H](CSc1c2ccccc2cn1[C@@H](Cc1cc(I)c(Oc2cc(I)c(O)c(I)c2)c(I)c1)C(=O)O)C(=O)O. The number of thioether (sulfide) groups is 1. The van der Waals surface area contributed by atoms with Crippen LogP contribution in [0.5, 0.6) is 17.2 Å². The number of aromatic nitrogens is 1. The van der Waals surface area contributed by atoms with Crippen molar-refractivity contribution in [2.45, 2.75) is 30.5 Å². The molecule has 0 fully saturated rings. The second-order valence-corrected chi connectivity index (χ2v) is 14.8. The molecular weight excluding hydrogens is 1020 g/mol. The van der Waals surface area contributed by atoms with Gasteiger partial charge < -0.3 is 29.9 Å². The van der Waals surface area contributed by atoms with Crippen molar-refractivity contribution in [3.8, 4) is 17.2 Å². The van der Waals surface area contributed by atoms with Gasteiger partial charge in [-0.05, 0) is 120 Å². The van der Waals surface area contributed by atoms with E-state index in [1.165, 1.54) is 18.7 Å². The highest BCUT2D eigenvalue weighted by Gasteiger charge is 2.27. The molecule has 4 aromatic rings. The molecule has 1 aromatic heterocycles. The molecule has 0 unspecified atom stereocenters. The fourth-order valence-corrected chi connectivity index (χ4v) is 9.24. The summed E-state index contributed by atoms with van der Waals surface area (Å²) < 4.78 is 10.8. The lowest BCUT2D eigenvalue weighted by molar-refractivity contribution is -0.141. The van der Waals surface area contributed by atoms with E-state index in [1.54, 1.807) is 22.9 Å². The van der Waals surface area contributed by atoms with Crippen molar-refractivity contribution in [3.63, 3.8) is 0 Å². The number of amides is 1. The number of carbonyl (C=O) groups excluding carboxylic acids is 1. The minimum atomic E-state index is -1.17. The molecule has 0 saturated heterocycles. The molecule has 9 nitrogen and oxygen atoms in total. The summed E-state index contributed by atoms with van der Waals surface area (Å²) in [5.74, 6) is -1.24. The average Bonchev–Trinajstić information content (AvgIpc) is 3.27. The Morgan fingerprint density at radius 1 is 0.952 bits per heavy atom. The van der Waals surface area contributed by atoms with Crippen LogP contribution in [0.15, 0.2) is 59.8 Å². The van der Waals surface area contributed by atoms with Crippen molar-refractivity contribution in [2.24, 2.45) is 0 Å². The number of carboxylic acids is 2.